The topological polar surface area (TPSA) is 35.5 Å². The second-order valence-corrected chi connectivity index (χ2v) is 4.57. The van der Waals surface area contributed by atoms with Gasteiger partial charge in [-0.3, -0.25) is 0 Å². The van der Waals surface area contributed by atoms with E-state index in [4.69, 9.17) is 16.3 Å². The van der Waals surface area contributed by atoms with Crippen LogP contribution in [-0.4, -0.2) is 19.7 Å². The first-order valence-electron chi connectivity index (χ1n) is 5.45. The molecule has 1 aromatic carbocycles. The molecule has 0 aliphatic heterocycles. The number of methoxy groups -OCH3 is 1. The van der Waals surface area contributed by atoms with Gasteiger partial charge >= 0.3 is 5.97 Å². The third kappa shape index (κ3) is 3.63. The average Bonchev–Trinajstić information content (AvgIpc) is 2.29. The number of halogens is 1. The summed E-state index contributed by atoms with van der Waals surface area (Å²) in [5.41, 5.74) is 1.92. The number of rotatable bonds is 4. The molecule has 0 unspecified atom stereocenters. The largest absolute Gasteiger partial charge is 0.482 e. The molecule has 1 rings (SSSR count). The molecule has 17 heavy (non-hydrogen) atoms. The van der Waals surface area contributed by atoms with E-state index in [2.05, 4.69) is 4.74 Å². The fourth-order valence-corrected chi connectivity index (χ4v) is 1.61. The number of hydrogen-bond donors (Lipinski definition) is 0. The Bertz CT molecular complexity index is 413. The molecule has 0 N–H and O–H groups in total. The summed E-state index contributed by atoms with van der Waals surface area (Å²) in [6, 6.07) is 3.73. The molecule has 0 aromatic heterocycles. The first-order chi connectivity index (χ1) is 7.95. The van der Waals surface area contributed by atoms with Crippen molar-refractivity contribution in [3.8, 4) is 5.75 Å². The van der Waals surface area contributed by atoms with Crippen LogP contribution in [-0.2, 0) is 9.53 Å². The SMILES string of the molecule is COC(=O)COc1cc(C)c(Cl)cc1C(C)C. The van der Waals surface area contributed by atoms with Crippen LogP contribution in [0.5, 0.6) is 5.75 Å². The van der Waals surface area contributed by atoms with E-state index in [0.29, 0.717) is 10.8 Å². The van der Waals surface area contributed by atoms with Crippen molar-refractivity contribution in [1.29, 1.82) is 0 Å². The molecule has 0 aliphatic carbocycles. The van der Waals surface area contributed by atoms with Gasteiger partial charge in [0.05, 0.1) is 7.11 Å². The van der Waals surface area contributed by atoms with Crippen molar-refractivity contribution >= 4 is 17.6 Å². The molecule has 0 fully saturated rings. The summed E-state index contributed by atoms with van der Waals surface area (Å²) in [4.78, 5) is 11.0. The first-order valence-corrected chi connectivity index (χ1v) is 5.83. The zero-order valence-electron chi connectivity index (χ0n) is 10.5. The average molecular weight is 257 g/mol. The molecule has 0 heterocycles. The summed E-state index contributed by atoms with van der Waals surface area (Å²) < 4.78 is 9.99. The van der Waals surface area contributed by atoms with Gasteiger partial charge in [0.1, 0.15) is 5.75 Å². The quantitative estimate of drug-likeness (QED) is 0.776. The highest BCUT2D eigenvalue weighted by Crippen LogP contribution is 2.31. The highest BCUT2D eigenvalue weighted by atomic mass is 35.5. The maximum atomic E-state index is 11.0. The molecule has 3 nitrogen and oxygen atoms in total. The second-order valence-electron chi connectivity index (χ2n) is 4.16. The van der Waals surface area contributed by atoms with Crippen molar-refractivity contribution in [2.45, 2.75) is 26.7 Å². The lowest BCUT2D eigenvalue weighted by molar-refractivity contribution is -0.142. The molecular formula is C13H17ClO3. The standard InChI is InChI=1S/C13H17ClO3/c1-8(2)10-6-11(14)9(3)5-12(10)17-7-13(15)16-4/h5-6,8H,7H2,1-4H3. The van der Waals surface area contributed by atoms with Gasteiger partial charge in [-0.25, -0.2) is 4.79 Å². The van der Waals surface area contributed by atoms with Crippen molar-refractivity contribution in [1.82, 2.24) is 0 Å². The van der Waals surface area contributed by atoms with Crippen LogP contribution in [0.2, 0.25) is 5.02 Å². The summed E-state index contributed by atoms with van der Waals surface area (Å²) >= 11 is 6.07. The van der Waals surface area contributed by atoms with Crippen LogP contribution in [0.4, 0.5) is 0 Å². The lowest BCUT2D eigenvalue weighted by Gasteiger charge is -2.15. The van der Waals surface area contributed by atoms with Crippen molar-refractivity contribution in [3.63, 3.8) is 0 Å². The number of carbonyl (C=O) groups is 1. The van der Waals surface area contributed by atoms with E-state index < -0.39 is 5.97 Å². The van der Waals surface area contributed by atoms with E-state index in [1.165, 1.54) is 7.11 Å². The molecule has 0 aliphatic rings. The summed E-state index contributed by atoms with van der Waals surface area (Å²) in [5, 5.41) is 0.708. The summed E-state index contributed by atoms with van der Waals surface area (Å²) in [6.07, 6.45) is 0. The lowest BCUT2D eigenvalue weighted by Crippen LogP contribution is -2.13. The zero-order valence-corrected chi connectivity index (χ0v) is 11.3. The number of aryl methyl sites for hydroxylation is 1. The van der Waals surface area contributed by atoms with Crippen molar-refractivity contribution < 1.29 is 14.3 Å². The minimum Gasteiger partial charge on any atom is -0.482 e. The van der Waals surface area contributed by atoms with Gasteiger partial charge in [0.25, 0.3) is 0 Å². The van der Waals surface area contributed by atoms with E-state index in [0.717, 1.165) is 11.1 Å². The van der Waals surface area contributed by atoms with Crippen LogP contribution in [0.25, 0.3) is 0 Å². The van der Waals surface area contributed by atoms with Gasteiger partial charge in [0.15, 0.2) is 6.61 Å². The maximum Gasteiger partial charge on any atom is 0.343 e. The Morgan fingerprint density at radius 1 is 1.41 bits per heavy atom. The van der Waals surface area contributed by atoms with Gasteiger partial charge in [0.2, 0.25) is 0 Å². The third-order valence-electron chi connectivity index (χ3n) is 2.49. The predicted octanol–water partition coefficient (Wildman–Crippen LogP) is 3.32. The van der Waals surface area contributed by atoms with Crippen molar-refractivity contribution in [3.05, 3.63) is 28.3 Å². The van der Waals surface area contributed by atoms with Gasteiger partial charge < -0.3 is 9.47 Å². The molecule has 0 amide bonds. The predicted molar refractivity (Wildman–Crippen MR) is 67.8 cm³/mol. The summed E-state index contributed by atoms with van der Waals surface area (Å²) in [6.45, 7) is 5.91. The Kier molecular flexibility index (Phi) is 4.82. The van der Waals surface area contributed by atoms with E-state index in [1.807, 2.05) is 32.9 Å². The van der Waals surface area contributed by atoms with Gasteiger partial charge in [-0.15, -0.1) is 0 Å². The van der Waals surface area contributed by atoms with E-state index in [9.17, 15) is 4.79 Å². The Labute approximate surface area is 107 Å². The Balaban J connectivity index is 2.96. The maximum absolute atomic E-state index is 11.0. The molecule has 94 valence electrons. The number of esters is 1. The van der Waals surface area contributed by atoms with E-state index >= 15 is 0 Å². The molecule has 0 radical (unpaired) electrons. The van der Waals surface area contributed by atoms with Gasteiger partial charge in [-0.05, 0) is 36.1 Å². The smallest absolute Gasteiger partial charge is 0.343 e. The van der Waals surface area contributed by atoms with Gasteiger partial charge in [0, 0.05) is 5.02 Å². The minimum atomic E-state index is -0.396. The molecule has 0 spiro atoms. The summed E-state index contributed by atoms with van der Waals surface area (Å²) in [7, 11) is 1.34. The van der Waals surface area contributed by atoms with E-state index in [1.54, 1.807) is 0 Å². The fourth-order valence-electron chi connectivity index (χ4n) is 1.44. The summed E-state index contributed by atoms with van der Waals surface area (Å²) in [5.74, 6) is 0.570. The molecule has 1 aromatic rings. The van der Waals surface area contributed by atoms with E-state index in [-0.39, 0.29) is 12.5 Å². The second kappa shape index (κ2) is 5.92. The van der Waals surface area contributed by atoms with Crippen LogP contribution in [0.3, 0.4) is 0 Å². The molecule has 0 atom stereocenters. The van der Waals surface area contributed by atoms with Crippen LogP contribution in [0, 0.1) is 6.92 Å². The number of carbonyl (C=O) groups excluding carboxylic acids is 1. The van der Waals surface area contributed by atoms with Crippen LogP contribution in [0.1, 0.15) is 30.9 Å². The number of benzene rings is 1. The van der Waals surface area contributed by atoms with Crippen molar-refractivity contribution in [2.75, 3.05) is 13.7 Å². The number of ether oxygens (including phenoxy) is 2. The first kappa shape index (κ1) is 13.8. The highest BCUT2D eigenvalue weighted by Gasteiger charge is 2.12. The monoisotopic (exact) mass is 256 g/mol. The van der Waals surface area contributed by atoms with Crippen molar-refractivity contribution in [2.24, 2.45) is 0 Å². The van der Waals surface area contributed by atoms with Gasteiger partial charge in [-0.1, -0.05) is 25.4 Å². The molecule has 0 saturated carbocycles. The lowest BCUT2D eigenvalue weighted by atomic mass is 10.0. The normalized spacial score (nSPS) is 10.5. The zero-order chi connectivity index (χ0) is 13.0. The fraction of sp³-hybridized carbons (Fsp3) is 0.462. The van der Waals surface area contributed by atoms with Crippen LogP contribution in [0.15, 0.2) is 12.1 Å². The Morgan fingerprint density at radius 3 is 2.59 bits per heavy atom. The minimum absolute atomic E-state index is 0.0860. The number of hydrogen-bond acceptors (Lipinski definition) is 3. The van der Waals surface area contributed by atoms with Crippen LogP contribution < -0.4 is 4.74 Å². The molecule has 0 saturated heterocycles. The Morgan fingerprint density at radius 2 is 2.06 bits per heavy atom. The molecule has 4 heteroatoms. The molecular weight excluding hydrogens is 240 g/mol. The highest BCUT2D eigenvalue weighted by molar-refractivity contribution is 6.31. The van der Waals surface area contributed by atoms with Gasteiger partial charge in [-0.2, -0.15) is 0 Å². The molecule has 0 bridgehead atoms. The third-order valence-corrected chi connectivity index (χ3v) is 2.89. The van der Waals surface area contributed by atoms with Crippen LogP contribution >= 0.6 is 11.6 Å². The Hall–Kier alpha value is -1.22.